The Morgan fingerprint density at radius 2 is 2.09 bits per heavy atom. The van der Waals surface area contributed by atoms with Crippen molar-refractivity contribution in [3.05, 3.63) is 29.7 Å². The Morgan fingerprint density at radius 1 is 1.26 bits per heavy atom. The summed E-state index contributed by atoms with van der Waals surface area (Å²) in [5.41, 5.74) is 0.0108. The minimum atomic E-state index is -4.63. The first-order valence-electron chi connectivity index (χ1n) is 6.87. The van der Waals surface area contributed by atoms with Crippen LogP contribution in [0.5, 0.6) is 0 Å². The zero-order valence-corrected chi connectivity index (χ0v) is 11.6. The molecule has 0 atom stereocenters. The molecular weight excluding hydrogens is 315 g/mol. The fourth-order valence-electron chi connectivity index (χ4n) is 2.07. The van der Waals surface area contributed by atoms with Crippen LogP contribution in [0.3, 0.4) is 0 Å². The quantitative estimate of drug-likeness (QED) is 0.784. The molecule has 1 saturated carbocycles. The molecule has 0 spiro atoms. The van der Waals surface area contributed by atoms with Gasteiger partial charge < -0.3 is 9.84 Å². The number of nitrogens with zero attached hydrogens (tertiary/aromatic N) is 6. The maximum absolute atomic E-state index is 12.8. The van der Waals surface area contributed by atoms with Crippen molar-refractivity contribution in [3.63, 3.8) is 0 Å². The molecule has 1 fully saturated rings. The molecule has 1 aliphatic rings. The normalized spacial score (nSPS) is 15.3. The first-order chi connectivity index (χ1) is 11.0. The van der Waals surface area contributed by atoms with E-state index in [1.165, 1.54) is 12.1 Å². The zero-order chi connectivity index (χ0) is 16.0. The van der Waals surface area contributed by atoms with E-state index in [1.807, 2.05) is 0 Å². The summed E-state index contributed by atoms with van der Waals surface area (Å²) in [6.45, 7) is 0.168. The number of hydrogen-bond donors (Lipinski definition) is 1. The summed E-state index contributed by atoms with van der Waals surface area (Å²) >= 11 is 0. The molecule has 0 aromatic carbocycles. The molecule has 0 unspecified atom stereocenters. The monoisotopic (exact) mass is 325 g/mol. The van der Waals surface area contributed by atoms with Crippen LogP contribution >= 0.6 is 0 Å². The molecule has 23 heavy (non-hydrogen) atoms. The van der Waals surface area contributed by atoms with Crippen LogP contribution in [0, 0.1) is 0 Å². The molecule has 0 amide bonds. The third kappa shape index (κ3) is 2.69. The van der Waals surface area contributed by atoms with Gasteiger partial charge in [0.05, 0.1) is 6.54 Å². The molecule has 1 aliphatic carbocycles. The minimum Gasteiger partial charge on any atom is -0.360 e. The molecule has 11 heteroatoms. The lowest BCUT2D eigenvalue weighted by Crippen LogP contribution is -2.13. The Labute approximate surface area is 126 Å². The van der Waals surface area contributed by atoms with Gasteiger partial charge in [0.25, 0.3) is 5.82 Å². The Bertz CT molecular complexity index is 852. The van der Waals surface area contributed by atoms with Crippen LogP contribution in [0.15, 0.2) is 16.7 Å². The lowest BCUT2D eigenvalue weighted by Gasteiger charge is -2.05. The third-order valence-electron chi connectivity index (χ3n) is 3.36. The molecule has 0 aliphatic heterocycles. The summed E-state index contributed by atoms with van der Waals surface area (Å²) in [6, 6.07) is 2.89. The molecule has 0 radical (unpaired) electrons. The maximum Gasteiger partial charge on any atom is 0.453 e. The van der Waals surface area contributed by atoms with Crippen molar-refractivity contribution in [2.24, 2.45) is 0 Å². The number of aromatic nitrogens is 6. The van der Waals surface area contributed by atoms with Gasteiger partial charge in [0.1, 0.15) is 5.82 Å². The van der Waals surface area contributed by atoms with Crippen LogP contribution < -0.4 is 5.32 Å². The van der Waals surface area contributed by atoms with Gasteiger partial charge >= 0.3 is 6.18 Å². The van der Waals surface area contributed by atoms with Crippen LogP contribution in [-0.2, 0) is 12.7 Å². The molecule has 4 rings (SSSR count). The van der Waals surface area contributed by atoms with E-state index in [1.54, 1.807) is 0 Å². The largest absolute Gasteiger partial charge is 0.453 e. The fraction of sp³-hybridized carbons (Fsp3) is 0.417. The van der Waals surface area contributed by atoms with Crippen molar-refractivity contribution in [2.45, 2.75) is 31.5 Å². The van der Waals surface area contributed by atoms with Crippen molar-refractivity contribution < 1.29 is 17.7 Å². The van der Waals surface area contributed by atoms with E-state index in [-0.39, 0.29) is 18.0 Å². The second kappa shape index (κ2) is 4.89. The van der Waals surface area contributed by atoms with Crippen molar-refractivity contribution in [1.82, 2.24) is 30.0 Å². The van der Waals surface area contributed by atoms with Crippen LogP contribution in [0.4, 0.5) is 19.0 Å². The van der Waals surface area contributed by atoms with Gasteiger partial charge in [0.2, 0.25) is 5.89 Å². The Hall–Kier alpha value is -2.72. The number of nitrogens with one attached hydrogen (secondary N) is 1. The van der Waals surface area contributed by atoms with E-state index < -0.39 is 12.0 Å². The number of rotatable bonds is 4. The number of alkyl halides is 3. The van der Waals surface area contributed by atoms with Gasteiger partial charge in [0, 0.05) is 5.92 Å². The SMILES string of the molecule is FC(F)(F)c1nnc2ccc(NCc3nc(C4CC4)no3)nn12. The van der Waals surface area contributed by atoms with Crippen LogP contribution in [0.2, 0.25) is 0 Å². The number of anilines is 1. The molecule has 0 saturated heterocycles. The first kappa shape index (κ1) is 13.9. The summed E-state index contributed by atoms with van der Waals surface area (Å²) in [7, 11) is 0. The van der Waals surface area contributed by atoms with Crippen LogP contribution in [-0.4, -0.2) is 30.0 Å². The Balaban J connectivity index is 1.53. The highest BCUT2D eigenvalue weighted by Crippen LogP contribution is 2.38. The lowest BCUT2D eigenvalue weighted by molar-refractivity contribution is -0.146. The zero-order valence-electron chi connectivity index (χ0n) is 11.6. The molecule has 3 aromatic rings. The summed E-state index contributed by atoms with van der Waals surface area (Å²) in [4.78, 5) is 4.22. The maximum atomic E-state index is 12.8. The standard InChI is InChI=1S/C12H10F3N7O/c13-12(14,15)11-19-18-8-4-3-7(20-22(8)11)16-5-9-17-10(21-23-9)6-1-2-6/h3-4,6H,1-2,5H2,(H,16,20). The molecule has 1 N–H and O–H groups in total. The minimum absolute atomic E-state index is 0.0108. The second-order valence-corrected chi connectivity index (χ2v) is 5.18. The van der Waals surface area contributed by atoms with Crippen molar-refractivity contribution >= 4 is 11.5 Å². The van der Waals surface area contributed by atoms with E-state index in [0.29, 0.717) is 22.1 Å². The number of halogens is 3. The van der Waals surface area contributed by atoms with Gasteiger partial charge in [-0.25, -0.2) is 0 Å². The highest BCUT2D eigenvalue weighted by Gasteiger charge is 2.37. The summed E-state index contributed by atoms with van der Waals surface area (Å²) in [6.07, 6.45) is -2.52. The molecule has 3 aromatic heterocycles. The van der Waals surface area contributed by atoms with E-state index in [4.69, 9.17) is 4.52 Å². The smallest absolute Gasteiger partial charge is 0.360 e. The van der Waals surface area contributed by atoms with Crippen LogP contribution in [0.25, 0.3) is 5.65 Å². The molecule has 120 valence electrons. The van der Waals surface area contributed by atoms with Crippen molar-refractivity contribution in [3.8, 4) is 0 Å². The van der Waals surface area contributed by atoms with Gasteiger partial charge in [-0.3, -0.25) is 0 Å². The average Bonchev–Trinajstić information content (AvgIpc) is 3.09. The molecule has 0 bridgehead atoms. The summed E-state index contributed by atoms with van der Waals surface area (Å²) in [5, 5.41) is 17.1. The first-order valence-corrected chi connectivity index (χ1v) is 6.87. The third-order valence-corrected chi connectivity index (χ3v) is 3.36. The highest BCUT2D eigenvalue weighted by atomic mass is 19.4. The number of hydrogen-bond acceptors (Lipinski definition) is 7. The van der Waals surface area contributed by atoms with E-state index >= 15 is 0 Å². The van der Waals surface area contributed by atoms with E-state index in [0.717, 1.165) is 12.8 Å². The lowest BCUT2D eigenvalue weighted by atomic mass is 10.4. The predicted octanol–water partition coefficient (Wildman–Crippen LogP) is 2.02. The van der Waals surface area contributed by atoms with Gasteiger partial charge in [-0.1, -0.05) is 5.16 Å². The Kier molecular flexibility index (Phi) is 2.96. The average molecular weight is 325 g/mol. The fourth-order valence-corrected chi connectivity index (χ4v) is 2.07. The van der Waals surface area contributed by atoms with Gasteiger partial charge in [0.15, 0.2) is 11.5 Å². The summed E-state index contributed by atoms with van der Waals surface area (Å²) < 4.78 is 44.1. The van der Waals surface area contributed by atoms with Crippen molar-refractivity contribution in [1.29, 1.82) is 0 Å². The van der Waals surface area contributed by atoms with Gasteiger partial charge in [-0.05, 0) is 25.0 Å². The van der Waals surface area contributed by atoms with Crippen LogP contribution in [0.1, 0.15) is 36.3 Å². The molecular formula is C12H10F3N7O. The van der Waals surface area contributed by atoms with Gasteiger partial charge in [-0.15, -0.1) is 15.3 Å². The molecule has 3 heterocycles. The Morgan fingerprint density at radius 3 is 2.83 bits per heavy atom. The van der Waals surface area contributed by atoms with E-state index in [2.05, 4.69) is 30.8 Å². The van der Waals surface area contributed by atoms with Crippen molar-refractivity contribution in [2.75, 3.05) is 5.32 Å². The predicted molar refractivity (Wildman–Crippen MR) is 69.4 cm³/mol. The number of fused-ring (bicyclic) bond motifs is 1. The topological polar surface area (TPSA) is 94.0 Å². The highest BCUT2D eigenvalue weighted by molar-refractivity contribution is 5.44. The second-order valence-electron chi connectivity index (χ2n) is 5.18. The molecule has 8 nitrogen and oxygen atoms in total. The van der Waals surface area contributed by atoms with E-state index in [9.17, 15) is 13.2 Å². The van der Waals surface area contributed by atoms with Gasteiger partial charge in [-0.2, -0.15) is 22.7 Å². The summed E-state index contributed by atoms with van der Waals surface area (Å²) in [5.74, 6) is 0.434.